The molecule has 2 fully saturated rings. The molecule has 8 nitrogen and oxygen atoms in total. The zero-order chi connectivity index (χ0) is 34.0. The van der Waals surface area contributed by atoms with Crippen LogP contribution in [-0.4, -0.2) is 54.7 Å². The Morgan fingerprint density at radius 2 is 1.26 bits per heavy atom. The Labute approximate surface area is 294 Å². The highest BCUT2D eigenvalue weighted by molar-refractivity contribution is 5.71. The van der Waals surface area contributed by atoms with Gasteiger partial charge in [-0.1, -0.05) is 103 Å². The second-order valence-corrected chi connectivity index (χ2v) is 13.1. The van der Waals surface area contributed by atoms with Crippen LogP contribution in [-0.2, 0) is 24.6 Å². The van der Waals surface area contributed by atoms with Gasteiger partial charge in [-0.15, -0.1) is 0 Å². The first-order valence-electron chi connectivity index (χ1n) is 17.5. The molecule has 0 atom stereocenters. The largest absolute Gasteiger partial charge is 0.473 e. The number of anilines is 1. The fourth-order valence-electron chi connectivity index (χ4n) is 6.60. The van der Waals surface area contributed by atoms with Gasteiger partial charge in [0, 0.05) is 62.0 Å². The van der Waals surface area contributed by atoms with Gasteiger partial charge in [0.25, 0.3) is 0 Å². The molecule has 50 heavy (non-hydrogen) atoms. The van der Waals surface area contributed by atoms with E-state index in [2.05, 4.69) is 51.5 Å². The molecule has 0 bridgehead atoms. The number of pyridine rings is 1. The molecule has 2 aliphatic heterocycles. The summed E-state index contributed by atoms with van der Waals surface area (Å²) in [7, 11) is 0. The number of carbonyl (C=O) groups is 1. The van der Waals surface area contributed by atoms with Crippen molar-refractivity contribution in [1.29, 1.82) is 0 Å². The van der Waals surface area contributed by atoms with Crippen molar-refractivity contribution in [3.8, 4) is 22.9 Å². The van der Waals surface area contributed by atoms with E-state index in [4.69, 9.17) is 19.2 Å². The average Bonchev–Trinajstić information content (AvgIpc) is 3.16. The second kappa shape index (κ2) is 16.4. The summed E-state index contributed by atoms with van der Waals surface area (Å²) in [6.07, 6.45) is 1.57. The fraction of sp³-hybridized carbons (Fsp3) is 0.286. The number of carbonyl (C=O) groups excluding carboxylic acids is 1. The number of aromatic nitrogens is 1. The monoisotopic (exact) mass is 668 g/mol. The number of nitrogens with one attached hydrogen (secondary N) is 1. The van der Waals surface area contributed by atoms with Crippen molar-refractivity contribution in [2.75, 3.05) is 37.6 Å². The Balaban J connectivity index is 0.892. The number of piperidine rings is 1. The van der Waals surface area contributed by atoms with Gasteiger partial charge in [0.05, 0.1) is 0 Å². The number of benzene rings is 4. The predicted molar refractivity (Wildman–Crippen MR) is 196 cm³/mol. The standard InChI is InChI=1S/C42H44N4O4/c47-42(50-31-34-14-8-3-9-15-34)43-37-22-24-45(25-23-37)26-35-27-46(28-35)38-18-16-36(17-19-38)39-20-21-40(48-29-32-10-4-1-5-11-32)44-41(39)49-30-33-12-6-2-7-13-33/h1-21,35,37H,22-31H2,(H,43,47). The number of ether oxygens (including phenoxy) is 3. The van der Waals surface area contributed by atoms with Gasteiger partial charge in [0.15, 0.2) is 0 Å². The van der Waals surface area contributed by atoms with Gasteiger partial charge < -0.3 is 29.3 Å². The van der Waals surface area contributed by atoms with Crippen LogP contribution < -0.4 is 19.7 Å². The van der Waals surface area contributed by atoms with Gasteiger partial charge in [0.2, 0.25) is 11.8 Å². The number of hydrogen-bond donors (Lipinski definition) is 1. The Bertz CT molecular complexity index is 1790. The van der Waals surface area contributed by atoms with Crippen molar-refractivity contribution < 1.29 is 19.0 Å². The molecule has 0 saturated carbocycles. The van der Waals surface area contributed by atoms with E-state index in [9.17, 15) is 4.79 Å². The van der Waals surface area contributed by atoms with Crippen molar-refractivity contribution in [3.05, 3.63) is 144 Å². The summed E-state index contributed by atoms with van der Waals surface area (Å²) >= 11 is 0. The smallest absolute Gasteiger partial charge is 0.407 e. The lowest BCUT2D eigenvalue weighted by Gasteiger charge is -2.44. The quantitative estimate of drug-likeness (QED) is 0.138. The molecule has 7 rings (SSSR count). The SMILES string of the molecule is O=C(NC1CCN(CC2CN(c3ccc(-c4ccc(OCc5ccccc5)nc4OCc4ccccc4)cc3)C2)CC1)OCc1ccccc1. The number of alkyl carbamates (subject to hydrolysis) is 1. The summed E-state index contributed by atoms with van der Waals surface area (Å²) in [5.74, 6) is 1.73. The molecule has 256 valence electrons. The Kier molecular flexibility index (Phi) is 10.9. The average molecular weight is 669 g/mol. The predicted octanol–water partition coefficient (Wildman–Crippen LogP) is 7.73. The third-order valence-electron chi connectivity index (χ3n) is 9.42. The number of hydrogen-bond acceptors (Lipinski definition) is 7. The van der Waals surface area contributed by atoms with Crippen LogP contribution in [0.4, 0.5) is 10.5 Å². The zero-order valence-electron chi connectivity index (χ0n) is 28.3. The van der Waals surface area contributed by atoms with Crippen molar-refractivity contribution in [2.24, 2.45) is 5.92 Å². The molecule has 0 unspecified atom stereocenters. The zero-order valence-corrected chi connectivity index (χ0v) is 28.3. The van der Waals surface area contributed by atoms with Crippen LogP contribution in [0.25, 0.3) is 11.1 Å². The van der Waals surface area contributed by atoms with Crippen LogP contribution in [0.15, 0.2) is 127 Å². The normalized spacial score (nSPS) is 15.2. The lowest BCUT2D eigenvalue weighted by Crippen LogP contribution is -2.53. The van der Waals surface area contributed by atoms with Gasteiger partial charge in [-0.25, -0.2) is 4.79 Å². The van der Waals surface area contributed by atoms with E-state index in [1.54, 1.807) is 0 Å². The van der Waals surface area contributed by atoms with E-state index >= 15 is 0 Å². The number of likely N-dealkylation sites (tertiary alicyclic amines) is 1. The van der Waals surface area contributed by atoms with Gasteiger partial charge in [0.1, 0.15) is 19.8 Å². The first-order valence-corrected chi connectivity index (χ1v) is 17.5. The van der Waals surface area contributed by atoms with Crippen LogP contribution in [0, 0.1) is 5.92 Å². The molecular weight excluding hydrogens is 624 g/mol. The Morgan fingerprint density at radius 3 is 1.88 bits per heavy atom. The molecule has 1 amide bonds. The number of amides is 1. The van der Waals surface area contributed by atoms with Crippen LogP contribution >= 0.6 is 0 Å². The van der Waals surface area contributed by atoms with Crippen LogP contribution in [0.1, 0.15) is 29.5 Å². The summed E-state index contributed by atoms with van der Waals surface area (Å²) in [5, 5.41) is 3.05. The van der Waals surface area contributed by atoms with Crippen LogP contribution in [0.2, 0.25) is 0 Å². The van der Waals surface area contributed by atoms with Crippen molar-refractivity contribution in [3.63, 3.8) is 0 Å². The van der Waals surface area contributed by atoms with E-state index in [-0.39, 0.29) is 12.1 Å². The highest BCUT2D eigenvalue weighted by Gasteiger charge is 2.30. The van der Waals surface area contributed by atoms with Crippen LogP contribution in [0.3, 0.4) is 0 Å². The number of rotatable bonds is 13. The minimum Gasteiger partial charge on any atom is -0.473 e. The molecule has 3 heterocycles. The molecule has 1 aromatic heterocycles. The van der Waals surface area contributed by atoms with E-state index in [0.29, 0.717) is 37.5 Å². The molecule has 0 spiro atoms. The van der Waals surface area contributed by atoms with E-state index < -0.39 is 0 Å². The minimum atomic E-state index is -0.329. The molecule has 5 aromatic rings. The van der Waals surface area contributed by atoms with Crippen LogP contribution in [0.5, 0.6) is 11.8 Å². The maximum atomic E-state index is 12.3. The molecule has 2 aliphatic rings. The third kappa shape index (κ3) is 9.01. The highest BCUT2D eigenvalue weighted by Crippen LogP contribution is 2.34. The lowest BCUT2D eigenvalue weighted by molar-refractivity contribution is 0.122. The highest BCUT2D eigenvalue weighted by atomic mass is 16.5. The molecule has 8 heteroatoms. The molecule has 1 N–H and O–H groups in total. The first kappa shape index (κ1) is 33.2. The van der Waals surface area contributed by atoms with Gasteiger partial charge >= 0.3 is 6.09 Å². The molecule has 0 aliphatic carbocycles. The summed E-state index contributed by atoms with van der Waals surface area (Å²) in [6.45, 7) is 6.33. The van der Waals surface area contributed by atoms with E-state index in [1.807, 2.05) is 91.0 Å². The van der Waals surface area contributed by atoms with Gasteiger partial charge in [-0.05, 0) is 53.3 Å². The Hall–Kier alpha value is -5.34. The third-order valence-corrected chi connectivity index (χ3v) is 9.42. The summed E-state index contributed by atoms with van der Waals surface area (Å²) in [6, 6.07) is 42.8. The fourth-order valence-corrected chi connectivity index (χ4v) is 6.60. The van der Waals surface area contributed by atoms with Crippen molar-refractivity contribution in [2.45, 2.75) is 38.7 Å². The molecule has 0 radical (unpaired) electrons. The second-order valence-electron chi connectivity index (χ2n) is 13.1. The maximum Gasteiger partial charge on any atom is 0.407 e. The minimum absolute atomic E-state index is 0.170. The molecule has 2 saturated heterocycles. The van der Waals surface area contributed by atoms with E-state index in [0.717, 1.165) is 73.4 Å². The summed E-state index contributed by atoms with van der Waals surface area (Å²) in [5.41, 5.74) is 6.38. The van der Waals surface area contributed by atoms with Crippen molar-refractivity contribution >= 4 is 11.8 Å². The van der Waals surface area contributed by atoms with Gasteiger partial charge in [-0.3, -0.25) is 0 Å². The summed E-state index contributed by atoms with van der Waals surface area (Å²) < 4.78 is 17.7. The summed E-state index contributed by atoms with van der Waals surface area (Å²) in [4.78, 5) is 22.0. The maximum absolute atomic E-state index is 12.3. The topological polar surface area (TPSA) is 76.2 Å². The van der Waals surface area contributed by atoms with Gasteiger partial charge in [-0.2, -0.15) is 4.98 Å². The van der Waals surface area contributed by atoms with E-state index in [1.165, 1.54) is 5.69 Å². The van der Waals surface area contributed by atoms with Crippen molar-refractivity contribution in [1.82, 2.24) is 15.2 Å². The Morgan fingerprint density at radius 1 is 0.680 bits per heavy atom. The number of nitrogens with zero attached hydrogens (tertiary/aromatic N) is 3. The lowest BCUT2D eigenvalue weighted by atomic mass is 9.96. The first-order chi connectivity index (χ1) is 24.6. The molecular formula is C42H44N4O4. The molecule has 4 aromatic carbocycles.